The molecule has 0 bridgehead atoms. The zero-order valence-electron chi connectivity index (χ0n) is 24.7. The number of nitrogens with one attached hydrogen (secondary N) is 1. The Bertz CT molecular complexity index is 1770. The van der Waals surface area contributed by atoms with E-state index in [1.54, 1.807) is 82.0 Å². The Morgan fingerprint density at radius 1 is 0.844 bits per heavy atom. The van der Waals surface area contributed by atoms with Crippen LogP contribution in [0.4, 0.5) is 0 Å². The highest BCUT2D eigenvalue weighted by molar-refractivity contribution is 7.99. The van der Waals surface area contributed by atoms with Crippen LogP contribution in [0.3, 0.4) is 0 Å². The molecular weight excluding hydrogens is 594 g/mol. The lowest BCUT2D eigenvalue weighted by Crippen LogP contribution is -2.20. The van der Waals surface area contributed by atoms with Crippen molar-refractivity contribution in [1.29, 1.82) is 0 Å². The van der Waals surface area contributed by atoms with Crippen LogP contribution >= 0.6 is 11.8 Å². The lowest BCUT2D eigenvalue weighted by atomic mass is 10.1. The highest BCUT2D eigenvalue weighted by Crippen LogP contribution is 2.41. The second-order valence-corrected chi connectivity index (χ2v) is 10.2. The maximum atomic E-state index is 12.7. The smallest absolute Gasteiger partial charge is 0.343 e. The van der Waals surface area contributed by atoms with Gasteiger partial charge in [0.05, 0.1) is 38.9 Å². The summed E-state index contributed by atoms with van der Waals surface area (Å²) in [4.78, 5) is 24.9. The minimum Gasteiger partial charge on any atom is -0.493 e. The Labute approximate surface area is 263 Å². The van der Waals surface area contributed by atoms with Crippen LogP contribution in [0.5, 0.6) is 23.0 Å². The van der Waals surface area contributed by atoms with Gasteiger partial charge in [-0.2, -0.15) is 5.10 Å². The van der Waals surface area contributed by atoms with Crippen LogP contribution in [-0.4, -0.2) is 59.9 Å². The van der Waals surface area contributed by atoms with Crippen molar-refractivity contribution in [2.24, 2.45) is 5.10 Å². The number of carbonyl (C=O) groups is 2. The van der Waals surface area contributed by atoms with Gasteiger partial charge in [0.15, 0.2) is 22.5 Å². The Balaban J connectivity index is 1.25. The number of rotatable bonds is 12. The molecule has 12 heteroatoms. The number of esters is 1. The van der Waals surface area contributed by atoms with Gasteiger partial charge in [0.2, 0.25) is 5.75 Å². The average molecular weight is 624 g/mol. The zero-order chi connectivity index (χ0) is 31.6. The number of hydrogen-bond acceptors (Lipinski definition) is 10. The first-order chi connectivity index (χ1) is 22.0. The van der Waals surface area contributed by atoms with Crippen LogP contribution < -0.4 is 24.4 Å². The standard InChI is InChI=1S/C33H29N5O6S/c1-41-27-18-24(19-28(42-2)30(27)43-3)31-36-37-33(38(31)25-12-8-5-9-13-25)45-21-29(39)35-34-20-22-14-16-26(17-15-22)44-32(40)23-10-6-4-7-11-23/h4-20H,21H2,1-3H3,(H,35,39). The molecule has 0 saturated carbocycles. The van der Waals surface area contributed by atoms with Crippen molar-refractivity contribution in [3.05, 3.63) is 108 Å². The number of hydrogen-bond donors (Lipinski definition) is 1. The van der Waals surface area contributed by atoms with Crippen LogP contribution in [0.2, 0.25) is 0 Å². The topological polar surface area (TPSA) is 126 Å². The molecule has 1 N–H and O–H groups in total. The van der Waals surface area contributed by atoms with E-state index in [9.17, 15) is 9.59 Å². The summed E-state index contributed by atoms with van der Waals surface area (Å²) in [6.45, 7) is 0. The van der Waals surface area contributed by atoms with E-state index in [0.717, 1.165) is 5.69 Å². The van der Waals surface area contributed by atoms with Gasteiger partial charge in [0.25, 0.3) is 5.91 Å². The van der Waals surface area contributed by atoms with E-state index >= 15 is 0 Å². The number of benzene rings is 4. The van der Waals surface area contributed by atoms with Gasteiger partial charge in [0.1, 0.15) is 5.75 Å². The van der Waals surface area contributed by atoms with Crippen molar-refractivity contribution in [2.75, 3.05) is 27.1 Å². The third-order valence-electron chi connectivity index (χ3n) is 6.41. The van der Waals surface area contributed by atoms with E-state index in [0.29, 0.717) is 50.7 Å². The van der Waals surface area contributed by atoms with Crippen LogP contribution in [0.25, 0.3) is 17.1 Å². The molecule has 0 aliphatic carbocycles. The van der Waals surface area contributed by atoms with Crippen LogP contribution in [0.1, 0.15) is 15.9 Å². The lowest BCUT2D eigenvalue weighted by Gasteiger charge is -2.15. The summed E-state index contributed by atoms with van der Waals surface area (Å²) >= 11 is 1.21. The first-order valence-electron chi connectivity index (χ1n) is 13.6. The summed E-state index contributed by atoms with van der Waals surface area (Å²) in [5.74, 6) is 1.60. The van der Waals surface area contributed by atoms with E-state index in [-0.39, 0.29) is 11.7 Å². The Kier molecular flexibility index (Phi) is 10.1. The lowest BCUT2D eigenvalue weighted by molar-refractivity contribution is -0.118. The number of amides is 1. The number of hydrazone groups is 1. The molecule has 1 heterocycles. The Morgan fingerprint density at radius 2 is 1.49 bits per heavy atom. The largest absolute Gasteiger partial charge is 0.493 e. The van der Waals surface area contributed by atoms with Crippen molar-refractivity contribution in [2.45, 2.75) is 5.16 Å². The molecule has 4 aromatic carbocycles. The molecule has 45 heavy (non-hydrogen) atoms. The van der Waals surface area contributed by atoms with Crippen LogP contribution in [-0.2, 0) is 4.79 Å². The fourth-order valence-electron chi connectivity index (χ4n) is 4.27. The molecule has 1 amide bonds. The summed E-state index contributed by atoms with van der Waals surface area (Å²) in [6, 6.07) is 28.7. The molecular formula is C33H29N5O6S. The molecule has 0 saturated heterocycles. The maximum absolute atomic E-state index is 12.7. The van der Waals surface area contributed by atoms with Gasteiger partial charge < -0.3 is 18.9 Å². The normalized spacial score (nSPS) is 10.8. The van der Waals surface area contributed by atoms with Gasteiger partial charge in [-0.3, -0.25) is 9.36 Å². The molecule has 0 fully saturated rings. The zero-order valence-corrected chi connectivity index (χ0v) is 25.5. The summed E-state index contributed by atoms with van der Waals surface area (Å²) in [5.41, 5.74) is 5.19. The Hall–Kier alpha value is -5.62. The molecule has 0 aliphatic heterocycles. The number of ether oxygens (including phenoxy) is 4. The van der Waals surface area contributed by atoms with Crippen molar-refractivity contribution in [1.82, 2.24) is 20.2 Å². The highest BCUT2D eigenvalue weighted by Gasteiger charge is 2.21. The van der Waals surface area contributed by atoms with Crippen molar-refractivity contribution < 1.29 is 28.5 Å². The molecule has 0 unspecified atom stereocenters. The van der Waals surface area contributed by atoms with Gasteiger partial charge >= 0.3 is 5.97 Å². The number of nitrogens with zero attached hydrogens (tertiary/aromatic N) is 4. The third-order valence-corrected chi connectivity index (χ3v) is 7.33. The van der Waals surface area contributed by atoms with Crippen molar-refractivity contribution >= 4 is 29.9 Å². The van der Waals surface area contributed by atoms with Crippen LogP contribution in [0, 0.1) is 0 Å². The molecule has 228 valence electrons. The number of carbonyl (C=O) groups excluding carboxylic acids is 2. The highest BCUT2D eigenvalue weighted by atomic mass is 32.2. The second kappa shape index (κ2) is 14.7. The van der Waals surface area contributed by atoms with Crippen molar-refractivity contribution in [3.8, 4) is 40.1 Å². The SMILES string of the molecule is COc1cc(-c2nnc(SCC(=O)NN=Cc3ccc(OC(=O)c4ccccc4)cc3)n2-c2ccccc2)cc(OC)c1OC. The maximum Gasteiger partial charge on any atom is 0.343 e. The van der Waals surface area contributed by atoms with E-state index in [2.05, 4.69) is 20.7 Å². The molecule has 5 rings (SSSR count). The molecule has 0 spiro atoms. The van der Waals surface area contributed by atoms with Gasteiger partial charge in [-0.05, 0) is 66.2 Å². The summed E-state index contributed by atoms with van der Waals surface area (Å²) < 4.78 is 23.8. The van der Waals surface area contributed by atoms with Gasteiger partial charge in [0, 0.05) is 11.3 Å². The number of methoxy groups -OCH3 is 3. The second-order valence-electron chi connectivity index (χ2n) is 9.30. The van der Waals surface area contributed by atoms with Gasteiger partial charge in [-0.15, -0.1) is 10.2 Å². The minimum atomic E-state index is -0.444. The minimum absolute atomic E-state index is 0.0337. The molecule has 11 nitrogen and oxygen atoms in total. The first kappa shape index (κ1) is 30.8. The number of aromatic nitrogens is 3. The molecule has 5 aromatic rings. The first-order valence-corrected chi connectivity index (χ1v) is 14.6. The van der Waals surface area contributed by atoms with Gasteiger partial charge in [-0.25, -0.2) is 10.2 Å². The predicted molar refractivity (Wildman–Crippen MR) is 171 cm³/mol. The monoisotopic (exact) mass is 623 g/mol. The van der Waals surface area contributed by atoms with E-state index in [4.69, 9.17) is 18.9 Å². The molecule has 0 aliphatic rings. The average Bonchev–Trinajstić information content (AvgIpc) is 3.52. The summed E-state index contributed by atoms with van der Waals surface area (Å²) in [7, 11) is 4.63. The summed E-state index contributed by atoms with van der Waals surface area (Å²) in [5, 5.41) is 13.4. The fraction of sp³-hybridized carbons (Fsp3) is 0.121. The van der Waals surface area contributed by atoms with Gasteiger partial charge in [-0.1, -0.05) is 48.2 Å². The summed E-state index contributed by atoms with van der Waals surface area (Å²) in [6.07, 6.45) is 1.50. The van der Waals surface area contributed by atoms with E-state index in [1.807, 2.05) is 41.0 Å². The number of thioether (sulfide) groups is 1. The molecule has 1 aromatic heterocycles. The number of para-hydroxylation sites is 1. The van der Waals surface area contributed by atoms with E-state index in [1.165, 1.54) is 18.0 Å². The predicted octanol–water partition coefficient (Wildman–Crippen LogP) is 5.42. The quantitative estimate of drug-likeness (QED) is 0.0637. The van der Waals surface area contributed by atoms with E-state index < -0.39 is 5.97 Å². The Morgan fingerprint density at radius 3 is 2.11 bits per heavy atom. The molecule has 0 radical (unpaired) electrons. The fourth-order valence-corrected chi connectivity index (χ4v) is 5.02. The van der Waals surface area contributed by atoms with Crippen LogP contribution in [0.15, 0.2) is 107 Å². The molecule has 0 atom stereocenters. The van der Waals surface area contributed by atoms with Crippen molar-refractivity contribution in [3.63, 3.8) is 0 Å². The third kappa shape index (κ3) is 7.48.